The first-order valence-corrected chi connectivity index (χ1v) is 5.46. The molecule has 0 spiro atoms. The summed E-state index contributed by atoms with van der Waals surface area (Å²) in [6, 6.07) is 1.58. The van der Waals surface area contributed by atoms with E-state index in [0.717, 1.165) is 0 Å². The van der Waals surface area contributed by atoms with Crippen LogP contribution in [0.25, 0.3) is 0 Å². The molecule has 0 fully saturated rings. The van der Waals surface area contributed by atoms with Gasteiger partial charge in [0.05, 0.1) is 20.3 Å². The Morgan fingerprint density at radius 3 is 2.33 bits per heavy atom. The van der Waals surface area contributed by atoms with Gasteiger partial charge in [-0.15, -0.1) is 0 Å². The number of ether oxygens (including phenoxy) is 2. The molecule has 18 heavy (non-hydrogen) atoms. The molecule has 0 atom stereocenters. The fraction of sp³-hybridized carbons (Fsp3) is 0.545. The van der Waals surface area contributed by atoms with E-state index in [9.17, 15) is 4.79 Å². The molecule has 0 unspecified atom stereocenters. The van der Waals surface area contributed by atoms with Crippen molar-refractivity contribution >= 4 is 11.9 Å². The van der Waals surface area contributed by atoms with Crippen molar-refractivity contribution < 1.29 is 19.4 Å². The second-order valence-electron chi connectivity index (χ2n) is 3.67. The molecule has 100 valence electrons. The molecule has 1 heterocycles. The minimum Gasteiger partial charge on any atom is -0.481 e. The molecule has 0 aromatic carbocycles. The van der Waals surface area contributed by atoms with E-state index in [2.05, 4.69) is 9.97 Å². The zero-order valence-corrected chi connectivity index (χ0v) is 10.7. The highest BCUT2D eigenvalue weighted by Crippen LogP contribution is 2.19. The van der Waals surface area contributed by atoms with Crippen LogP contribution in [-0.2, 0) is 4.79 Å². The number of carboxylic acid groups (broad SMARTS) is 1. The number of methoxy groups -OCH3 is 2. The Bertz CT molecular complexity index is 389. The van der Waals surface area contributed by atoms with E-state index in [4.69, 9.17) is 14.6 Å². The summed E-state index contributed by atoms with van der Waals surface area (Å²) >= 11 is 0. The molecular formula is C11H17N3O4. The molecule has 0 aliphatic rings. The number of rotatable bonds is 7. The summed E-state index contributed by atoms with van der Waals surface area (Å²) in [4.78, 5) is 20.5. The predicted octanol–water partition coefficient (Wildman–Crippen LogP) is 0.795. The van der Waals surface area contributed by atoms with Crippen LogP contribution in [0, 0.1) is 0 Å². The van der Waals surface area contributed by atoms with Crippen LogP contribution in [0.2, 0.25) is 0 Å². The number of nitrogens with zero attached hydrogens (tertiary/aromatic N) is 3. The van der Waals surface area contributed by atoms with Gasteiger partial charge in [0.1, 0.15) is 0 Å². The molecule has 0 radical (unpaired) electrons. The molecule has 0 aliphatic heterocycles. The zero-order chi connectivity index (χ0) is 13.5. The van der Waals surface area contributed by atoms with Gasteiger partial charge in [-0.05, 0) is 6.42 Å². The second kappa shape index (κ2) is 6.63. The van der Waals surface area contributed by atoms with Crippen LogP contribution in [0.4, 0.5) is 5.95 Å². The van der Waals surface area contributed by atoms with E-state index >= 15 is 0 Å². The first kappa shape index (κ1) is 14.0. The highest BCUT2D eigenvalue weighted by molar-refractivity contribution is 5.66. The fourth-order valence-electron chi connectivity index (χ4n) is 1.34. The lowest BCUT2D eigenvalue weighted by atomic mass is 10.3. The Kier molecular flexibility index (Phi) is 5.16. The molecular weight excluding hydrogens is 238 g/mol. The van der Waals surface area contributed by atoms with Crippen LogP contribution in [0.3, 0.4) is 0 Å². The van der Waals surface area contributed by atoms with Crippen molar-refractivity contribution in [1.29, 1.82) is 0 Å². The molecule has 7 heteroatoms. The first-order chi connectivity index (χ1) is 8.56. The maximum absolute atomic E-state index is 10.4. The maximum Gasteiger partial charge on any atom is 0.303 e. The van der Waals surface area contributed by atoms with Crippen molar-refractivity contribution in [2.24, 2.45) is 0 Å². The number of hydrogen-bond acceptors (Lipinski definition) is 6. The molecule has 0 saturated carbocycles. The first-order valence-electron chi connectivity index (χ1n) is 5.46. The van der Waals surface area contributed by atoms with Gasteiger partial charge in [0, 0.05) is 20.0 Å². The lowest BCUT2D eigenvalue weighted by molar-refractivity contribution is -0.137. The quantitative estimate of drug-likeness (QED) is 0.771. The summed E-state index contributed by atoms with van der Waals surface area (Å²) in [5, 5.41) is 8.57. The Morgan fingerprint density at radius 1 is 1.33 bits per heavy atom. The number of hydrogen-bond donors (Lipinski definition) is 1. The number of anilines is 1. The third-order valence-corrected chi connectivity index (χ3v) is 2.31. The lowest BCUT2D eigenvalue weighted by Crippen LogP contribution is -2.22. The van der Waals surface area contributed by atoms with Crippen LogP contribution in [0.15, 0.2) is 6.07 Å². The average Bonchev–Trinajstić information content (AvgIpc) is 2.37. The molecule has 0 amide bonds. The van der Waals surface area contributed by atoms with Crippen molar-refractivity contribution in [2.75, 3.05) is 32.7 Å². The number of carboxylic acids is 1. The number of aromatic nitrogens is 2. The molecule has 1 aromatic rings. The summed E-state index contributed by atoms with van der Waals surface area (Å²) in [6.45, 7) is 0.544. The average molecular weight is 255 g/mol. The summed E-state index contributed by atoms with van der Waals surface area (Å²) in [6.07, 6.45) is 0.639. The van der Waals surface area contributed by atoms with Crippen molar-refractivity contribution in [3.8, 4) is 11.8 Å². The van der Waals surface area contributed by atoms with E-state index in [1.165, 1.54) is 14.2 Å². The van der Waals surface area contributed by atoms with Gasteiger partial charge in [-0.2, -0.15) is 9.97 Å². The standard InChI is InChI=1S/C11H17N3O4/c1-14(6-4-5-10(15)16)11-12-8(17-2)7-9(13-11)18-3/h7H,4-6H2,1-3H3,(H,15,16). The molecule has 1 aromatic heterocycles. The van der Waals surface area contributed by atoms with E-state index in [0.29, 0.717) is 30.7 Å². The largest absolute Gasteiger partial charge is 0.481 e. The molecule has 0 aliphatic carbocycles. The van der Waals surface area contributed by atoms with Gasteiger partial charge in [0.2, 0.25) is 17.7 Å². The van der Waals surface area contributed by atoms with Crippen LogP contribution < -0.4 is 14.4 Å². The molecule has 0 bridgehead atoms. The molecule has 1 N–H and O–H groups in total. The highest BCUT2D eigenvalue weighted by Gasteiger charge is 2.10. The SMILES string of the molecule is COc1cc(OC)nc(N(C)CCCC(=O)O)n1. The van der Waals surface area contributed by atoms with Crippen LogP contribution in [-0.4, -0.2) is 48.9 Å². The van der Waals surface area contributed by atoms with Gasteiger partial charge in [-0.25, -0.2) is 0 Å². The summed E-state index contributed by atoms with van der Waals surface area (Å²) in [5.74, 6) is 0.438. The molecule has 7 nitrogen and oxygen atoms in total. The van der Waals surface area contributed by atoms with Crippen LogP contribution in [0.5, 0.6) is 11.8 Å². The number of carbonyl (C=O) groups is 1. The third kappa shape index (κ3) is 4.08. The van der Waals surface area contributed by atoms with E-state index in [1.54, 1.807) is 18.0 Å². The van der Waals surface area contributed by atoms with Gasteiger partial charge in [-0.3, -0.25) is 4.79 Å². The van der Waals surface area contributed by atoms with Gasteiger partial charge in [-0.1, -0.05) is 0 Å². The second-order valence-corrected chi connectivity index (χ2v) is 3.67. The van der Waals surface area contributed by atoms with Gasteiger partial charge in [0.25, 0.3) is 0 Å². The van der Waals surface area contributed by atoms with Crippen LogP contribution >= 0.6 is 0 Å². The number of aliphatic carboxylic acids is 1. The van der Waals surface area contributed by atoms with E-state index in [1.807, 2.05) is 0 Å². The fourth-order valence-corrected chi connectivity index (χ4v) is 1.34. The highest BCUT2D eigenvalue weighted by atomic mass is 16.5. The van der Waals surface area contributed by atoms with E-state index in [-0.39, 0.29) is 6.42 Å². The van der Waals surface area contributed by atoms with Crippen molar-refractivity contribution in [2.45, 2.75) is 12.8 Å². The Hall–Kier alpha value is -2.05. The third-order valence-electron chi connectivity index (χ3n) is 2.31. The summed E-state index contributed by atoms with van der Waals surface area (Å²) in [5.41, 5.74) is 0. The van der Waals surface area contributed by atoms with Crippen molar-refractivity contribution in [1.82, 2.24) is 9.97 Å². The van der Waals surface area contributed by atoms with Crippen LogP contribution in [0.1, 0.15) is 12.8 Å². The lowest BCUT2D eigenvalue weighted by Gasteiger charge is -2.17. The summed E-state index contributed by atoms with van der Waals surface area (Å²) < 4.78 is 10.1. The normalized spacial score (nSPS) is 9.94. The minimum absolute atomic E-state index is 0.117. The van der Waals surface area contributed by atoms with Gasteiger partial charge in [0.15, 0.2) is 0 Å². The van der Waals surface area contributed by atoms with Crippen molar-refractivity contribution in [3.05, 3.63) is 6.07 Å². The smallest absolute Gasteiger partial charge is 0.303 e. The molecule has 0 saturated heterocycles. The maximum atomic E-state index is 10.4. The monoisotopic (exact) mass is 255 g/mol. The topological polar surface area (TPSA) is 84.8 Å². The van der Waals surface area contributed by atoms with E-state index < -0.39 is 5.97 Å². The van der Waals surface area contributed by atoms with Gasteiger partial charge >= 0.3 is 5.97 Å². The Morgan fingerprint density at radius 2 is 1.89 bits per heavy atom. The van der Waals surface area contributed by atoms with Gasteiger partial charge < -0.3 is 19.5 Å². The summed E-state index contributed by atoms with van der Waals surface area (Å²) in [7, 11) is 4.81. The minimum atomic E-state index is -0.812. The zero-order valence-electron chi connectivity index (χ0n) is 10.7. The van der Waals surface area contributed by atoms with Crippen molar-refractivity contribution in [3.63, 3.8) is 0 Å². The molecule has 1 rings (SSSR count). The Balaban J connectivity index is 2.71. The predicted molar refractivity (Wildman–Crippen MR) is 65.3 cm³/mol. The Labute approximate surface area is 105 Å².